The molecule has 0 N–H and O–H groups in total. The zero-order valence-corrected chi connectivity index (χ0v) is 15.5. The second kappa shape index (κ2) is 7.39. The normalized spacial score (nSPS) is 11.0. The van der Waals surface area contributed by atoms with Gasteiger partial charge in [-0.15, -0.1) is 11.8 Å². The van der Waals surface area contributed by atoms with Crippen molar-refractivity contribution >= 4 is 33.5 Å². The lowest BCUT2D eigenvalue weighted by Crippen LogP contribution is -1.88. The van der Waals surface area contributed by atoms with Gasteiger partial charge in [0.05, 0.1) is 7.11 Å². The molecule has 0 fully saturated rings. The Morgan fingerprint density at radius 2 is 1.81 bits per heavy atom. The average molecular weight is 383 g/mol. The van der Waals surface area contributed by atoms with Crippen molar-refractivity contribution in [2.45, 2.75) is 10.8 Å². The first-order valence-corrected chi connectivity index (χ1v) is 9.62. The Labute approximate surface area is 158 Å². The van der Waals surface area contributed by atoms with Crippen LogP contribution < -0.4 is 4.74 Å². The van der Waals surface area contributed by atoms with E-state index in [1.54, 1.807) is 37.3 Å². The molecule has 2 aromatic heterocycles. The maximum absolute atomic E-state index is 13.2. The van der Waals surface area contributed by atoms with Crippen molar-refractivity contribution in [3.8, 4) is 17.0 Å². The number of methoxy groups -OCH3 is 1. The van der Waals surface area contributed by atoms with Gasteiger partial charge in [-0.1, -0.05) is 12.1 Å². The van der Waals surface area contributed by atoms with Gasteiger partial charge in [0.25, 0.3) is 0 Å². The number of hydrogen-bond donors (Lipinski definition) is 0. The lowest BCUT2D eigenvalue weighted by Gasteiger charge is -2.04. The molecular formula is C19H14FN3OS2. The van der Waals surface area contributed by atoms with E-state index in [0.29, 0.717) is 0 Å². The highest BCUT2D eigenvalue weighted by molar-refractivity contribution is 7.98. The number of hydrogen-bond acceptors (Lipinski definition) is 6. The first-order chi connectivity index (χ1) is 12.7. The molecule has 4 rings (SSSR count). The van der Waals surface area contributed by atoms with Gasteiger partial charge in [-0.2, -0.15) is 4.37 Å². The molecule has 0 aliphatic rings. The minimum absolute atomic E-state index is 0.265. The Morgan fingerprint density at radius 1 is 1.04 bits per heavy atom. The fraction of sp³-hybridized carbons (Fsp3) is 0.105. The van der Waals surface area contributed by atoms with Gasteiger partial charge >= 0.3 is 0 Å². The maximum atomic E-state index is 13.2. The van der Waals surface area contributed by atoms with E-state index < -0.39 is 0 Å². The number of thioether (sulfide) groups is 1. The monoisotopic (exact) mass is 383 g/mol. The van der Waals surface area contributed by atoms with Crippen LogP contribution in [0.25, 0.3) is 21.5 Å². The van der Waals surface area contributed by atoms with Crippen molar-refractivity contribution in [2.24, 2.45) is 0 Å². The summed E-state index contributed by atoms with van der Waals surface area (Å²) >= 11 is 3.02. The molecular weight excluding hydrogens is 369 g/mol. The van der Waals surface area contributed by atoms with E-state index in [1.807, 2.05) is 24.3 Å². The van der Waals surface area contributed by atoms with Crippen LogP contribution in [0.1, 0.15) is 5.56 Å². The summed E-state index contributed by atoms with van der Waals surface area (Å²) in [5.41, 5.74) is 3.60. The minimum Gasteiger partial charge on any atom is -0.497 e. The van der Waals surface area contributed by atoms with Gasteiger partial charge in [-0.05, 0) is 53.5 Å². The summed E-state index contributed by atoms with van der Waals surface area (Å²) in [7, 11) is 1.66. The summed E-state index contributed by atoms with van der Waals surface area (Å²) in [4.78, 5) is 8.81. The summed E-state index contributed by atoms with van der Waals surface area (Å²) in [5, 5.41) is 0.900. The number of rotatable bonds is 5. The van der Waals surface area contributed by atoms with Gasteiger partial charge in [0, 0.05) is 11.3 Å². The SMILES string of the molecule is COc1ccc(CSc2ncnc3c(-c4ccc(F)cc4)nsc23)cc1. The largest absolute Gasteiger partial charge is 0.497 e. The summed E-state index contributed by atoms with van der Waals surface area (Å²) < 4.78 is 23.8. The highest BCUT2D eigenvalue weighted by atomic mass is 32.2. The molecule has 0 saturated heterocycles. The molecule has 0 aliphatic carbocycles. The molecule has 0 saturated carbocycles. The fourth-order valence-electron chi connectivity index (χ4n) is 2.52. The maximum Gasteiger partial charge on any atom is 0.123 e. The third-order valence-electron chi connectivity index (χ3n) is 3.88. The summed E-state index contributed by atoms with van der Waals surface area (Å²) in [6.07, 6.45) is 1.56. The van der Waals surface area contributed by atoms with E-state index in [0.717, 1.165) is 38.0 Å². The summed E-state index contributed by atoms with van der Waals surface area (Å²) in [6.45, 7) is 0. The van der Waals surface area contributed by atoms with Crippen LogP contribution >= 0.6 is 23.3 Å². The predicted octanol–water partition coefficient (Wildman–Crippen LogP) is 5.19. The van der Waals surface area contributed by atoms with Crippen LogP contribution in [0.2, 0.25) is 0 Å². The highest BCUT2D eigenvalue weighted by Gasteiger charge is 2.14. The van der Waals surface area contributed by atoms with Gasteiger partial charge in [0.15, 0.2) is 0 Å². The van der Waals surface area contributed by atoms with E-state index in [9.17, 15) is 4.39 Å². The van der Waals surface area contributed by atoms with E-state index in [2.05, 4.69) is 14.3 Å². The van der Waals surface area contributed by atoms with Crippen LogP contribution in [0.15, 0.2) is 59.9 Å². The van der Waals surface area contributed by atoms with Crippen molar-refractivity contribution in [1.29, 1.82) is 0 Å². The number of nitrogens with zero attached hydrogens (tertiary/aromatic N) is 3. The number of benzene rings is 2. The van der Waals surface area contributed by atoms with Crippen LogP contribution in [0, 0.1) is 5.82 Å². The van der Waals surface area contributed by atoms with Gasteiger partial charge in [0.2, 0.25) is 0 Å². The smallest absolute Gasteiger partial charge is 0.123 e. The number of ether oxygens (including phenoxy) is 1. The Balaban J connectivity index is 1.61. The van der Waals surface area contributed by atoms with Crippen molar-refractivity contribution < 1.29 is 9.13 Å². The molecule has 7 heteroatoms. The zero-order valence-electron chi connectivity index (χ0n) is 13.8. The molecule has 0 unspecified atom stereocenters. The first-order valence-electron chi connectivity index (χ1n) is 7.86. The number of halogens is 1. The minimum atomic E-state index is -0.265. The van der Waals surface area contributed by atoms with Crippen LogP contribution in [0.3, 0.4) is 0 Å². The molecule has 4 nitrogen and oxygen atoms in total. The predicted molar refractivity (Wildman–Crippen MR) is 103 cm³/mol. The Bertz CT molecular complexity index is 1030. The third-order valence-corrected chi connectivity index (χ3v) is 5.91. The van der Waals surface area contributed by atoms with Gasteiger partial charge in [-0.3, -0.25) is 0 Å². The Morgan fingerprint density at radius 3 is 2.54 bits per heavy atom. The molecule has 4 aromatic rings. The molecule has 130 valence electrons. The summed E-state index contributed by atoms with van der Waals surface area (Å²) in [6, 6.07) is 14.3. The molecule has 0 bridgehead atoms. The van der Waals surface area contributed by atoms with Gasteiger partial charge in [0.1, 0.15) is 38.8 Å². The zero-order chi connectivity index (χ0) is 17.9. The second-order valence-electron chi connectivity index (χ2n) is 5.53. The lowest BCUT2D eigenvalue weighted by molar-refractivity contribution is 0.414. The molecule has 0 spiro atoms. The van der Waals surface area contributed by atoms with E-state index in [-0.39, 0.29) is 5.82 Å². The number of aromatic nitrogens is 3. The van der Waals surface area contributed by atoms with Gasteiger partial charge in [-0.25, -0.2) is 14.4 Å². The molecule has 26 heavy (non-hydrogen) atoms. The van der Waals surface area contributed by atoms with Crippen molar-refractivity contribution in [2.75, 3.05) is 7.11 Å². The first kappa shape index (κ1) is 16.9. The number of fused-ring (bicyclic) bond motifs is 1. The average Bonchev–Trinajstić information content (AvgIpc) is 3.12. The standard InChI is InChI=1S/C19H14FN3OS2/c1-24-15-8-2-12(3-9-15)10-25-19-18-17(21-11-22-19)16(23-26-18)13-4-6-14(20)7-5-13/h2-9,11H,10H2,1H3. The summed E-state index contributed by atoms with van der Waals surface area (Å²) in [5.74, 6) is 1.37. The quantitative estimate of drug-likeness (QED) is 0.350. The molecule has 0 atom stereocenters. The molecule has 2 heterocycles. The van der Waals surface area contributed by atoms with Crippen LogP contribution in [-0.4, -0.2) is 21.5 Å². The molecule has 0 radical (unpaired) electrons. The molecule has 0 amide bonds. The van der Waals surface area contributed by atoms with E-state index in [4.69, 9.17) is 4.74 Å². The molecule has 0 aliphatic heterocycles. The van der Waals surface area contributed by atoms with Crippen LogP contribution in [-0.2, 0) is 5.75 Å². The van der Waals surface area contributed by atoms with Gasteiger partial charge < -0.3 is 4.74 Å². The lowest BCUT2D eigenvalue weighted by atomic mass is 10.1. The van der Waals surface area contributed by atoms with Crippen molar-refractivity contribution in [3.63, 3.8) is 0 Å². The Hall–Kier alpha value is -2.51. The highest BCUT2D eigenvalue weighted by Crippen LogP contribution is 2.35. The van der Waals surface area contributed by atoms with Crippen molar-refractivity contribution in [1.82, 2.24) is 14.3 Å². The van der Waals surface area contributed by atoms with Crippen LogP contribution in [0.4, 0.5) is 4.39 Å². The second-order valence-corrected chi connectivity index (χ2v) is 7.27. The van der Waals surface area contributed by atoms with Crippen LogP contribution in [0.5, 0.6) is 5.75 Å². The topological polar surface area (TPSA) is 47.9 Å². The third kappa shape index (κ3) is 3.40. The van der Waals surface area contributed by atoms with E-state index in [1.165, 1.54) is 29.2 Å². The van der Waals surface area contributed by atoms with Crippen molar-refractivity contribution in [3.05, 3.63) is 66.2 Å². The molecule has 2 aromatic carbocycles. The van der Waals surface area contributed by atoms with E-state index >= 15 is 0 Å². The fourth-order valence-corrected chi connectivity index (χ4v) is 4.39. The Kier molecular flexibility index (Phi) is 4.81.